The third kappa shape index (κ3) is 9.31. The third-order valence-corrected chi connectivity index (χ3v) is 12.2. The molecule has 3 aliphatic rings. The number of unbranched alkanes of at least 4 members (excludes halogenated alkanes) is 1. The van der Waals surface area contributed by atoms with Crippen LogP contribution >= 0.6 is 0 Å². The number of epoxide rings is 1. The van der Waals surface area contributed by atoms with Gasteiger partial charge in [-0.1, -0.05) is 106 Å². The van der Waals surface area contributed by atoms with Crippen molar-refractivity contribution in [3.05, 3.63) is 23.3 Å². The fraction of sp³-hybridized carbons (Fsp3) is 0.875. The minimum atomic E-state index is -0.630. The van der Waals surface area contributed by atoms with Gasteiger partial charge >= 0.3 is 0 Å². The van der Waals surface area contributed by atoms with Gasteiger partial charge in [0.05, 0.1) is 17.3 Å². The van der Waals surface area contributed by atoms with Crippen LogP contribution < -0.4 is 0 Å². The van der Waals surface area contributed by atoms with E-state index >= 15 is 0 Å². The molecule has 0 amide bonds. The van der Waals surface area contributed by atoms with Gasteiger partial charge in [0.25, 0.3) is 0 Å². The van der Waals surface area contributed by atoms with Crippen molar-refractivity contribution in [2.75, 3.05) is 0 Å². The van der Waals surface area contributed by atoms with E-state index in [9.17, 15) is 15.0 Å². The Morgan fingerprint density at radius 2 is 1.48 bits per heavy atom. The lowest BCUT2D eigenvalue weighted by molar-refractivity contribution is -0.118. The molecule has 1 aliphatic heterocycles. The zero-order chi connectivity index (χ0) is 33.0. The number of allylic oxidation sites excluding steroid dienone is 3. The van der Waals surface area contributed by atoms with Crippen molar-refractivity contribution < 1.29 is 19.7 Å². The normalized spacial score (nSPS) is 34.3. The summed E-state index contributed by atoms with van der Waals surface area (Å²) in [7, 11) is 0. The number of aliphatic hydroxyl groups is 2. The van der Waals surface area contributed by atoms with Gasteiger partial charge in [-0.3, -0.25) is 4.79 Å². The minimum Gasteiger partial charge on any atom is -0.393 e. The molecular weight excluding hydrogens is 544 g/mol. The van der Waals surface area contributed by atoms with E-state index in [0.29, 0.717) is 31.1 Å². The number of hydrogen-bond donors (Lipinski definition) is 2. The average Bonchev–Trinajstić information content (AvgIpc) is 3.49. The highest BCUT2D eigenvalue weighted by Gasteiger charge is 2.76. The summed E-state index contributed by atoms with van der Waals surface area (Å²) in [4.78, 5) is 13.1. The SMILES string of the molecule is C/C(=C\CCC(C)CCCCC(C)CCCC(C)CC=C1C(C)(C)CCC[C@@]1(C)O)C(=O)C[C@@]12O[C@]1(C)C[C@@H](O)CC2(C)C. The van der Waals surface area contributed by atoms with E-state index in [-0.39, 0.29) is 28.3 Å². The number of carbonyl (C=O) groups excluding carboxylic acids is 1. The lowest BCUT2D eigenvalue weighted by Crippen LogP contribution is -2.48. The van der Waals surface area contributed by atoms with Gasteiger partial charge in [0.15, 0.2) is 5.78 Å². The Balaban J connectivity index is 1.27. The van der Waals surface area contributed by atoms with E-state index in [0.717, 1.165) is 43.6 Å². The second-order valence-electron chi connectivity index (χ2n) is 17.6. The van der Waals surface area contributed by atoms with Gasteiger partial charge in [-0.2, -0.15) is 0 Å². The molecule has 2 aliphatic carbocycles. The highest BCUT2D eigenvalue weighted by Crippen LogP contribution is 2.67. The molecule has 0 aromatic carbocycles. The Bertz CT molecular complexity index is 1000. The largest absolute Gasteiger partial charge is 0.393 e. The molecular formula is C40H70O4. The average molecular weight is 615 g/mol. The molecule has 0 aromatic rings. The molecule has 0 radical (unpaired) electrons. The van der Waals surface area contributed by atoms with E-state index in [4.69, 9.17) is 4.74 Å². The highest BCUT2D eigenvalue weighted by molar-refractivity contribution is 5.96. The van der Waals surface area contributed by atoms with Crippen molar-refractivity contribution in [3.8, 4) is 0 Å². The maximum Gasteiger partial charge on any atom is 0.161 e. The van der Waals surface area contributed by atoms with Gasteiger partial charge in [0, 0.05) is 12.8 Å². The number of fused-ring (bicyclic) bond motifs is 1. The molecule has 1 saturated heterocycles. The summed E-state index contributed by atoms with van der Waals surface area (Å²) < 4.78 is 6.23. The first-order chi connectivity index (χ1) is 20.3. The lowest BCUT2D eigenvalue weighted by atomic mass is 9.61. The Morgan fingerprint density at radius 3 is 2.09 bits per heavy atom. The number of hydrogen-bond acceptors (Lipinski definition) is 4. The van der Waals surface area contributed by atoms with Crippen LogP contribution in [0.25, 0.3) is 0 Å². The van der Waals surface area contributed by atoms with Crippen molar-refractivity contribution >= 4 is 5.78 Å². The molecule has 4 nitrogen and oxygen atoms in total. The lowest BCUT2D eigenvalue weighted by Gasteiger charge is -2.43. The smallest absolute Gasteiger partial charge is 0.161 e. The van der Waals surface area contributed by atoms with E-state index in [1.165, 1.54) is 56.9 Å². The van der Waals surface area contributed by atoms with Crippen LogP contribution in [0.5, 0.6) is 0 Å². The predicted molar refractivity (Wildman–Crippen MR) is 185 cm³/mol. The Hall–Kier alpha value is -0.970. The molecule has 7 atom stereocenters. The van der Waals surface area contributed by atoms with Gasteiger partial charge in [0.2, 0.25) is 0 Å². The summed E-state index contributed by atoms with van der Waals surface area (Å²) in [5.41, 5.74) is 0.629. The van der Waals surface area contributed by atoms with Gasteiger partial charge < -0.3 is 14.9 Å². The molecule has 4 heteroatoms. The van der Waals surface area contributed by atoms with Crippen LogP contribution in [0.3, 0.4) is 0 Å². The number of aliphatic hydroxyl groups excluding tert-OH is 1. The zero-order valence-electron chi connectivity index (χ0n) is 30.5. The summed E-state index contributed by atoms with van der Waals surface area (Å²) in [6.45, 7) is 22.1. The third-order valence-electron chi connectivity index (χ3n) is 12.2. The number of carbonyl (C=O) groups is 1. The molecule has 0 aromatic heterocycles. The van der Waals surface area contributed by atoms with E-state index in [2.05, 4.69) is 67.5 Å². The van der Waals surface area contributed by atoms with Crippen LogP contribution in [0.1, 0.15) is 172 Å². The predicted octanol–water partition coefficient (Wildman–Crippen LogP) is 10.3. The van der Waals surface area contributed by atoms with Crippen LogP contribution in [0.4, 0.5) is 0 Å². The number of Topliss-reactive ketones (excluding diaryl/α,β-unsaturated/α-hetero) is 1. The van der Waals surface area contributed by atoms with Crippen LogP contribution in [0.15, 0.2) is 23.3 Å². The van der Waals surface area contributed by atoms with Crippen LogP contribution in [0.2, 0.25) is 0 Å². The van der Waals surface area contributed by atoms with Crippen LogP contribution in [-0.2, 0) is 9.53 Å². The van der Waals surface area contributed by atoms with Gasteiger partial charge in [-0.15, -0.1) is 0 Å². The van der Waals surface area contributed by atoms with Gasteiger partial charge in [-0.25, -0.2) is 0 Å². The molecule has 3 rings (SSSR count). The Morgan fingerprint density at radius 1 is 0.886 bits per heavy atom. The van der Waals surface area contributed by atoms with Crippen molar-refractivity contribution in [2.45, 2.75) is 195 Å². The van der Waals surface area contributed by atoms with Crippen molar-refractivity contribution in [2.24, 2.45) is 28.6 Å². The first-order valence-electron chi connectivity index (χ1n) is 18.4. The standard InChI is InChI=1S/C40H70O4/c1-29(18-13-19-31(3)22-23-35-36(5,6)24-15-25-38(35,9)43)16-11-12-17-30(2)20-14-21-32(4)34(42)28-40-37(7,8)26-33(41)27-39(40,10)44-40/h21,23,29-31,33,41,43H,11-20,22,24-28H2,1-10H3/b32-21+,35-23?/t29?,30?,31?,33-,38+,39+,40-/m0/s1. The molecule has 254 valence electrons. The van der Waals surface area contributed by atoms with Crippen molar-refractivity contribution in [1.82, 2.24) is 0 Å². The van der Waals surface area contributed by atoms with Crippen LogP contribution in [0, 0.1) is 28.6 Å². The van der Waals surface area contributed by atoms with E-state index < -0.39 is 11.2 Å². The molecule has 3 unspecified atom stereocenters. The highest BCUT2D eigenvalue weighted by atomic mass is 16.6. The van der Waals surface area contributed by atoms with Gasteiger partial charge in [0.1, 0.15) is 5.60 Å². The number of rotatable bonds is 17. The fourth-order valence-electron chi connectivity index (χ4n) is 9.12. The Labute approximate surface area is 271 Å². The monoisotopic (exact) mass is 615 g/mol. The maximum absolute atomic E-state index is 13.1. The van der Waals surface area contributed by atoms with Crippen molar-refractivity contribution in [1.29, 1.82) is 0 Å². The first-order valence-corrected chi connectivity index (χ1v) is 18.4. The number of ether oxygens (including phenoxy) is 1. The Kier molecular flexibility index (Phi) is 12.7. The fourth-order valence-corrected chi connectivity index (χ4v) is 9.12. The first kappa shape index (κ1) is 37.5. The topological polar surface area (TPSA) is 70.1 Å². The summed E-state index contributed by atoms with van der Waals surface area (Å²) in [6.07, 6.45) is 21.4. The molecule has 3 fully saturated rings. The molecule has 44 heavy (non-hydrogen) atoms. The minimum absolute atomic E-state index is 0.120. The molecule has 0 bridgehead atoms. The molecule has 1 heterocycles. The van der Waals surface area contributed by atoms with E-state index in [1.807, 2.05) is 13.8 Å². The second-order valence-corrected chi connectivity index (χ2v) is 17.6. The molecule has 0 spiro atoms. The summed E-state index contributed by atoms with van der Waals surface area (Å²) in [6, 6.07) is 0. The maximum atomic E-state index is 13.1. The summed E-state index contributed by atoms with van der Waals surface area (Å²) in [5.74, 6) is 2.35. The zero-order valence-corrected chi connectivity index (χ0v) is 30.5. The molecule has 2 N–H and O–H groups in total. The van der Waals surface area contributed by atoms with E-state index in [1.54, 1.807) is 0 Å². The summed E-state index contributed by atoms with van der Waals surface area (Å²) in [5, 5.41) is 21.2. The molecule has 2 saturated carbocycles. The second kappa shape index (κ2) is 14.8. The van der Waals surface area contributed by atoms with Crippen LogP contribution in [-0.4, -0.2) is 38.9 Å². The van der Waals surface area contributed by atoms with Gasteiger partial charge in [-0.05, 0) is 105 Å². The summed E-state index contributed by atoms with van der Waals surface area (Å²) >= 11 is 0. The number of ketones is 1. The van der Waals surface area contributed by atoms with Crippen molar-refractivity contribution in [3.63, 3.8) is 0 Å². The quantitative estimate of drug-likeness (QED) is 0.0740.